The van der Waals surface area contributed by atoms with Crippen LogP contribution in [-0.4, -0.2) is 22.8 Å². The molecule has 7 atom stereocenters. The second-order valence-electron chi connectivity index (χ2n) is 10.6. The van der Waals surface area contributed by atoms with E-state index in [-0.39, 0.29) is 40.5 Å². The zero-order chi connectivity index (χ0) is 19.0. The van der Waals surface area contributed by atoms with E-state index in [1.807, 2.05) is 6.08 Å². The molecule has 3 nitrogen and oxygen atoms in total. The number of carbonyl (C=O) groups is 2. The molecule has 0 aromatic carbocycles. The van der Waals surface area contributed by atoms with Gasteiger partial charge in [-0.15, -0.1) is 0 Å². The van der Waals surface area contributed by atoms with Crippen molar-refractivity contribution in [3.8, 4) is 0 Å². The molecular weight excluding hydrogens is 336 g/mol. The van der Waals surface area contributed by atoms with E-state index in [1.165, 1.54) is 17.6 Å². The van der Waals surface area contributed by atoms with Crippen LogP contribution in [0.15, 0.2) is 23.3 Å². The molecule has 3 saturated carbocycles. The average molecular weight is 369 g/mol. The van der Waals surface area contributed by atoms with Gasteiger partial charge in [0.25, 0.3) is 0 Å². The first-order chi connectivity index (χ1) is 12.8. The molecule has 0 bridgehead atoms. The highest BCUT2D eigenvalue weighted by atomic mass is 16.3. The molecule has 0 heterocycles. The summed E-state index contributed by atoms with van der Waals surface area (Å²) >= 11 is 0. The summed E-state index contributed by atoms with van der Waals surface area (Å²) in [5.41, 5.74) is 2.66. The highest BCUT2D eigenvalue weighted by Crippen LogP contribution is 2.64. The number of fused-ring (bicyclic) bond motifs is 5. The summed E-state index contributed by atoms with van der Waals surface area (Å²) in [7, 11) is 0. The molecule has 146 valence electrons. The van der Waals surface area contributed by atoms with E-state index in [0.717, 1.165) is 32.1 Å². The maximum absolute atomic E-state index is 13.2. The van der Waals surface area contributed by atoms with Crippen molar-refractivity contribution in [1.29, 1.82) is 0 Å². The quantitative estimate of drug-likeness (QED) is 0.698. The fourth-order valence-corrected chi connectivity index (χ4v) is 7.65. The summed E-state index contributed by atoms with van der Waals surface area (Å²) in [6.45, 7) is 4.60. The number of allylic oxidation sites excluding steroid dienone is 2. The van der Waals surface area contributed by atoms with Gasteiger partial charge in [-0.1, -0.05) is 31.1 Å². The maximum atomic E-state index is 13.2. The average Bonchev–Trinajstić information content (AvgIpc) is 3.22. The van der Waals surface area contributed by atoms with Gasteiger partial charge in [-0.05, 0) is 73.7 Å². The van der Waals surface area contributed by atoms with Crippen molar-refractivity contribution in [2.45, 2.75) is 77.7 Å². The van der Waals surface area contributed by atoms with E-state index in [0.29, 0.717) is 31.0 Å². The van der Waals surface area contributed by atoms with Crippen LogP contribution >= 0.6 is 0 Å². The van der Waals surface area contributed by atoms with Crippen molar-refractivity contribution >= 4 is 11.6 Å². The minimum atomic E-state index is -0.347. The van der Waals surface area contributed by atoms with Gasteiger partial charge >= 0.3 is 0 Å². The highest BCUT2D eigenvalue weighted by Gasteiger charge is 2.60. The zero-order valence-corrected chi connectivity index (χ0v) is 16.7. The lowest BCUT2D eigenvalue weighted by molar-refractivity contribution is -0.133. The first kappa shape index (κ1) is 17.8. The van der Waals surface area contributed by atoms with Gasteiger partial charge in [0.15, 0.2) is 5.78 Å². The van der Waals surface area contributed by atoms with E-state index in [4.69, 9.17) is 0 Å². The van der Waals surface area contributed by atoms with Crippen molar-refractivity contribution in [2.75, 3.05) is 0 Å². The van der Waals surface area contributed by atoms with Crippen LogP contribution < -0.4 is 0 Å². The summed E-state index contributed by atoms with van der Waals surface area (Å²) in [5, 5.41) is 10.9. The van der Waals surface area contributed by atoms with Crippen LogP contribution in [-0.2, 0) is 9.59 Å². The Labute approximate surface area is 162 Å². The summed E-state index contributed by atoms with van der Waals surface area (Å²) in [4.78, 5) is 25.4. The van der Waals surface area contributed by atoms with Gasteiger partial charge in [-0.25, -0.2) is 0 Å². The SMILES string of the molecule is C[C@]12CC[C@@H]3[C@@H](C(=O)C=C4CC(O)C(C5=CCCC5)C[C@@]43C)[C@@H]1CC(=O)C2. The predicted molar refractivity (Wildman–Crippen MR) is 104 cm³/mol. The molecule has 0 aromatic heterocycles. The van der Waals surface area contributed by atoms with Gasteiger partial charge in [-0.2, -0.15) is 0 Å². The summed E-state index contributed by atoms with van der Waals surface area (Å²) in [5.74, 6) is 1.42. The normalized spacial score (nSPS) is 49.2. The van der Waals surface area contributed by atoms with Crippen molar-refractivity contribution in [2.24, 2.45) is 34.5 Å². The van der Waals surface area contributed by atoms with E-state index in [1.54, 1.807) is 0 Å². The largest absolute Gasteiger partial charge is 0.392 e. The van der Waals surface area contributed by atoms with Gasteiger partial charge in [-0.3, -0.25) is 9.59 Å². The zero-order valence-electron chi connectivity index (χ0n) is 16.7. The van der Waals surface area contributed by atoms with Crippen molar-refractivity contribution in [3.05, 3.63) is 23.3 Å². The third-order valence-electron chi connectivity index (χ3n) is 9.12. The molecule has 0 aliphatic heterocycles. The Morgan fingerprint density at radius 2 is 1.96 bits per heavy atom. The van der Waals surface area contributed by atoms with Gasteiger partial charge in [0, 0.05) is 24.7 Å². The Morgan fingerprint density at radius 3 is 2.70 bits per heavy atom. The van der Waals surface area contributed by atoms with Crippen LogP contribution in [0.2, 0.25) is 0 Å². The molecule has 5 aliphatic carbocycles. The molecule has 0 spiro atoms. The van der Waals surface area contributed by atoms with Crippen LogP contribution in [0.1, 0.15) is 71.6 Å². The number of hydrogen-bond acceptors (Lipinski definition) is 3. The smallest absolute Gasteiger partial charge is 0.159 e. The number of aliphatic hydroxyl groups is 1. The number of ketones is 2. The van der Waals surface area contributed by atoms with Gasteiger partial charge < -0.3 is 5.11 Å². The third kappa shape index (κ3) is 2.50. The first-order valence-electron chi connectivity index (χ1n) is 11.0. The lowest BCUT2D eigenvalue weighted by Gasteiger charge is -2.57. The monoisotopic (exact) mass is 368 g/mol. The van der Waals surface area contributed by atoms with E-state index in [9.17, 15) is 14.7 Å². The molecule has 0 saturated heterocycles. The van der Waals surface area contributed by atoms with Gasteiger partial charge in [0.2, 0.25) is 0 Å². The highest BCUT2D eigenvalue weighted by molar-refractivity contribution is 5.95. The van der Waals surface area contributed by atoms with Crippen LogP contribution in [0, 0.1) is 34.5 Å². The van der Waals surface area contributed by atoms with E-state index >= 15 is 0 Å². The molecule has 1 N–H and O–H groups in total. The maximum Gasteiger partial charge on any atom is 0.159 e. The lowest BCUT2D eigenvalue weighted by atomic mass is 9.46. The van der Waals surface area contributed by atoms with Crippen LogP contribution in [0.3, 0.4) is 0 Å². The molecule has 0 radical (unpaired) electrons. The molecule has 5 aliphatic rings. The molecule has 3 fully saturated rings. The molecular formula is C24H32O3. The molecule has 2 unspecified atom stereocenters. The van der Waals surface area contributed by atoms with E-state index in [2.05, 4.69) is 19.9 Å². The van der Waals surface area contributed by atoms with E-state index < -0.39 is 0 Å². The second kappa shape index (κ2) is 5.89. The Morgan fingerprint density at radius 1 is 1.15 bits per heavy atom. The van der Waals surface area contributed by atoms with Crippen LogP contribution in [0.4, 0.5) is 0 Å². The summed E-state index contributed by atoms with van der Waals surface area (Å²) in [6.07, 6.45) is 12.4. The number of Topliss-reactive ketones (excluding diaryl/α,β-unsaturated/α-hetero) is 1. The Bertz CT molecular complexity index is 762. The third-order valence-corrected chi connectivity index (χ3v) is 9.12. The fourth-order valence-electron chi connectivity index (χ4n) is 7.65. The minimum Gasteiger partial charge on any atom is -0.392 e. The summed E-state index contributed by atoms with van der Waals surface area (Å²) < 4.78 is 0. The molecule has 0 amide bonds. The lowest BCUT2D eigenvalue weighted by Crippen LogP contribution is -2.54. The fraction of sp³-hybridized carbons (Fsp3) is 0.750. The second-order valence-corrected chi connectivity index (χ2v) is 10.6. The van der Waals surface area contributed by atoms with Crippen molar-refractivity contribution in [1.82, 2.24) is 0 Å². The number of carbonyl (C=O) groups excluding carboxylic acids is 2. The molecule has 3 heteroatoms. The van der Waals surface area contributed by atoms with Gasteiger partial charge in [0.1, 0.15) is 5.78 Å². The minimum absolute atomic E-state index is 0.00112. The number of aliphatic hydroxyl groups excluding tert-OH is 1. The first-order valence-corrected chi connectivity index (χ1v) is 11.0. The van der Waals surface area contributed by atoms with Crippen LogP contribution in [0.25, 0.3) is 0 Å². The Hall–Kier alpha value is -1.22. The van der Waals surface area contributed by atoms with Gasteiger partial charge in [0.05, 0.1) is 6.10 Å². The topological polar surface area (TPSA) is 54.4 Å². The van der Waals surface area contributed by atoms with Crippen LogP contribution in [0.5, 0.6) is 0 Å². The predicted octanol–water partition coefficient (Wildman–Crippen LogP) is 4.39. The van der Waals surface area contributed by atoms with Crippen molar-refractivity contribution in [3.63, 3.8) is 0 Å². The molecule has 0 aromatic rings. The molecule has 27 heavy (non-hydrogen) atoms. The standard InChI is InChI=1S/C24H32O3/c1-23-8-7-18-22(19(23)11-16(25)12-23)21(27)10-15-9-20(26)17(13-24(15,18)2)14-5-3-4-6-14/h5,10,17-20,22,26H,3-4,6-9,11-13H2,1-2H3/t17?,18-,19+,20?,22-,23-,24+/m1/s1. The molecule has 5 rings (SSSR count). The number of hydrogen-bond donors (Lipinski definition) is 1. The Kier molecular flexibility index (Phi) is 3.89. The Balaban J connectivity index is 1.53. The summed E-state index contributed by atoms with van der Waals surface area (Å²) in [6, 6.07) is 0. The number of rotatable bonds is 1. The van der Waals surface area contributed by atoms with Crippen molar-refractivity contribution < 1.29 is 14.7 Å².